The smallest absolute Gasteiger partial charge is 0.303 e. The molecule has 1 spiro atoms. The lowest BCUT2D eigenvalue weighted by atomic mass is 9.55. The van der Waals surface area contributed by atoms with Crippen LogP contribution in [-0.2, 0) is 21.3 Å². The Hall–Kier alpha value is -3.63. The van der Waals surface area contributed by atoms with Crippen LogP contribution in [0.4, 0.5) is 13.2 Å². The van der Waals surface area contributed by atoms with Crippen molar-refractivity contribution in [3.8, 4) is 0 Å². The fourth-order valence-corrected chi connectivity index (χ4v) is 6.18. The fourth-order valence-electron chi connectivity index (χ4n) is 6.18. The monoisotopic (exact) mass is 498 g/mol. The van der Waals surface area contributed by atoms with E-state index in [0.29, 0.717) is 17.4 Å². The van der Waals surface area contributed by atoms with Crippen LogP contribution in [0.15, 0.2) is 69.9 Å². The van der Waals surface area contributed by atoms with Gasteiger partial charge in [0.25, 0.3) is 0 Å². The summed E-state index contributed by atoms with van der Waals surface area (Å²) < 4.78 is 39.0. The van der Waals surface area contributed by atoms with Crippen molar-refractivity contribution < 1.29 is 22.8 Å². The summed E-state index contributed by atoms with van der Waals surface area (Å²) in [5.41, 5.74) is 20.1. The highest BCUT2D eigenvalue weighted by atomic mass is 19.4. The number of aldehydes is 1. The van der Waals surface area contributed by atoms with Crippen molar-refractivity contribution in [2.24, 2.45) is 20.8 Å². The molecule has 2 aromatic rings. The van der Waals surface area contributed by atoms with Crippen LogP contribution in [0, 0.1) is 22.0 Å². The summed E-state index contributed by atoms with van der Waals surface area (Å²) in [4.78, 5) is 25.8. The second kappa shape index (κ2) is 9.11. The average molecular weight is 499 g/mol. The molecule has 2 fully saturated rings. The summed E-state index contributed by atoms with van der Waals surface area (Å²) in [6.45, 7) is 0. The van der Waals surface area contributed by atoms with Crippen molar-refractivity contribution >= 4 is 12.1 Å². The Kier molecular flexibility index (Phi) is 6.44. The first-order chi connectivity index (χ1) is 17.1. The van der Waals surface area contributed by atoms with Gasteiger partial charge in [0.15, 0.2) is 5.78 Å². The maximum atomic E-state index is 13.6. The van der Waals surface area contributed by atoms with Crippen molar-refractivity contribution in [3.05, 3.63) is 71.3 Å². The SMILES string of the molecule is N=NC1CC(N=N)(c2ccccc2)C2(CCC(N=N)(C(C=O)c3ccc(C(F)(F)F)cc3)CC2)C1=O. The molecule has 8 nitrogen and oxygen atoms in total. The Morgan fingerprint density at radius 3 is 2.00 bits per heavy atom. The maximum Gasteiger partial charge on any atom is 0.416 e. The molecule has 4 rings (SSSR count). The van der Waals surface area contributed by atoms with Crippen molar-refractivity contribution in [1.29, 1.82) is 16.6 Å². The van der Waals surface area contributed by atoms with E-state index < -0.39 is 40.2 Å². The normalized spacial score (nSPS) is 31.1. The summed E-state index contributed by atoms with van der Waals surface area (Å²) in [6.07, 6.45) is -3.35. The first-order valence-corrected chi connectivity index (χ1v) is 11.5. The molecular weight excluding hydrogens is 473 g/mol. The number of alkyl halides is 3. The predicted octanol–water partition coefficient (Wildman–Crippen LogP) is 6.62. The summed E-state index contributed by atoms with van der Waals surface area (Å²) in [6, 6.07) is 12.2. The summed E-state index contributed by atoms with van der Waals surface area (Å²) in [7, 11) is 0. The molecule has 188 valence electrons. The number of Topliss-reactive ketones (excluding diaryl/α,β-unsaturated/α-hetero) is 1. The van der Waals surface area contributed by atoms with Gasteiger partial charge in [-0.15, -0.1) is 0 Å². The summed E-state index contributed by atoms with van der Waals surface area (Å²) in [5.74, 6) is -1.28. The predicted molar refractivity (Wildman–Crippen MR) is 121 cm³/mol. The Labute approximate surface area is 205 Å². The Morgan fingerprint density at radius 2 is 1.53 bits per heavy atom. The molecule has 0 saturated heterocycles. The van der Waals surface area contributed by atoms with Gasteiger partial charge in [-0.3, -0.25) is 4.79 Å². The third kappa shape index (κ3) is 3.68. The van der Waals surface area contributed by atoms with E-state index in [1.807, 2.05) is 0 Å². The van der Waals surface area contributed by atoms with Gasteiger partial charge >= 0.3 is 6.18 Å². The van der Waals surface area contributed by atoms with E-state index in [4.69, 9.17) is 16.6 Å². The van der Waals surface area contributed by atoms with Gasteiger partial charge in [-0.1, -0.05) is 42.5 Å². The molecule has 0 aliphatic heterocycles. The highest BCUT2D eigenvalue weighted by Gasteiger charge is 2.67. The number of carbonyl (C=O) groups excluding carboxylic acids is 2. The number of nitrogens with zero attached hydrogens (tertiary/aromatic N) is 3. The fraction of sp³-hybridized carbons (Fsp3) is 0.440. The van der Waals surface area contributed by atoms with E-state index in [1.165, 1.54) is 12.1 Å². The molecule has 2 saturated carbocycles. The van der Waals surface area contributed by atoms with E-state index in [9.17, 15) is 22.8 Å². The number of benzene rings is 2. The number of ketones is 1. The molecule has 0 aromatic heterocycles. The van der Waals surface area contributed by atoms with Crippen LogP contribution in [0.3, 0.4) is 0 Å². The van der Waals surface area contributed by atoms with E-state index in [-0.39, 0.29) is 37.9 Å². The van der Waals surface area contributed by atoms with Crippen molar-refractivity contribution in [1.82, 2.24) is 0 Å². The number of hydrogen-bond acceptors (Lipinski definition) is 8. The van der Waals surface area contributed by atoms with Gasteiger partial charge < -0.3 is 4.79 Å². The summed E-state index contributed by atoms with van der Waals surface area (Å²) in [5, 5.41) is 11.3. The maximum absolute atomic E-state index is 13.6. The summed E-state index contributed by atoms with van der Waals surface area (Å²) >= 11 is 0. The minimum atomic E-state index is -4.52. The Morgan fingerprint density at radius 1 is 0.917 bits per heavy atom. The number of carbonyl (C=O) groups is 2. The molecule has 11 heteroatoms. The zero-order valence-corrected chi connectivity index (χ0v) is 19.3. The van der Waals surface area contributed by atoms with Gasteiger partial charge in [0.2, 0.25) is 0 Å². The van der Waals surface area contributed by atoms with Crippen LogP contribution in [0.25, 0.3) is 0 Å². The molecule has 0 bridgehead atoms. The largest absolute Gasteiger partial charge is 0.416 e. The topological polar surface area (TPSA) is 143 Å². The number of nitrogens with one attached hydrogen (secondary N) is 3. The van der Waals surface area contributed by atoms with Crippen molar-refractivity contribution in [3.63, 3.8) is 0 Å². The van der Waals surface area contributed by atoms with Gasteiger partial charge in [0.1, 0.15) is 17.9 Å². The van der Waals surface area contributed by atoms with Crippen LogP contribution >= 0.6 is 0 Å². The zero-order valence-electron chi connectivity index (χ0n) is 19.3. The molecule has 2 aliphatic rings. The van der Waals surface area contributed by atoms with Gasteiger partial charge in [0.05, 0.1) is 22.4 Å². The third-order valence-electron chi connectivity index (χ3n) is 8.16. The van der Waals surface area contributed by atoms with E-state index in [1.54, 1.807) is 30.3 Å². The highest BCUT2D eigenvalue weighted by molar-refractivity contribution is 5.94. The van der Waals surface area contributed by atoms with Gasteiger partial charge in [0, 0.05) is 6.42 Å². The van der Waals surface area contributed by atoms with Crippen LogP contribution < -0.4 is 0 Å². The van der Waals surface area contributed by atoms with Crippen LogP contribution in [-0.4, -0.2) is 23.7 Å². The van der Waals surface area contributed by atoms with Crippen LogP contribution in [0.5, 0.6) is 0 Å². The molecular formula is C25H25F3N6O2. The quantitative estimate of drug-likeness (QED) is 0.291. The minimum Gasteiger partial charge on any atom is -0.303 e. The van der Waals surface area contributed by atoms with E-state index in [0.717, 1.165) is 12.1 Å². The number of halogens is 3. The highest BCUT2D eigenvalue weighted by Crippen LogP contribution is 2.63. The molecule has 0 heterocycles. The standard InChI is InChI=1S/C25H25F3N6O2/c26-25(27,28)18-8-6-16(7-9-18)19(15-35)23(33-30)12-10-22(11-13-23)21(36)20(32-29)14-24(22,34-31)17-4-2-1-3-5-17/h1-9,15,19-20,29-31H,10-14H2. The van der Waals surface area contributed by atoms with Gasteiger partial charge in [-0.25, -0.2) is 16.6 Å². The lowest BCUT2D eigenvalue weighted by Crippen LogP contribution is -2.51. The molecule has 3 atom stereocenters. The molecule has 3 N–H and O–H groups in total. The van der Waals surface area contributed by atoms with E-state index >= 15 is 0 Å². The first kappa shape index (κ1) is 25.5. The van der Waals surface area contributed by atoms with Crippen molar-refractivity contribution in [2.75, 3.05) is 0 Å². The molecule has 3 unspecified atom stereocenters. The Balaban J connectivity index is 1.72. The third-order valence-corrected chi connectivity index (χ3v) is 8.16. The number of rotatable bonds is 7. The number of hydrogen-bond donors (Lipinski definition) is 3. The molecule has 0 amide bonds. The minimum absolute atomic E-state index is 0.0733. The molecule has 2 aliphatic carbocycles. The van der Waals surface area contributed by atoms with Gasteiger partial charge in [-0.05, 0) is 48.9 Å². The first-order valence-electron chi connectivity index (χ1n) is 11.5. The Bertz CT molecular complexity index is 1180. The second-order valence-corrected chi connectivity index (χ2v) is 9.58. The zero-order chi connectivity index (χ0) is 26.2. The second-order valence-electron chi connectivity index (χ2n) is 9.58. The average Bonchev–Trinajstić information content (AvgIpc) is 3.14. The van der Waals surface area contributed by atoms with Crippen molar-refractivity contribution in [2.45, 2.75) is 61.3 Å². The lowest BCUT2D eigenvalue weighted by molar-refractivity contribution is -0.137. The molecule has 2 aromatic carbocycles. The van der Waals surface area contributed by atoms with E-state index in [2.05, 4.69) is 15.3 Å². The molecule has 36 heavy (non-hydrogen) atoms. The van der Waals surface area contributed by atoms with Gasteiger partial charge in [-0.2, -0.15) is 28.5 Å². The molecule has 0 radical (unpaired) electrons. The van der Waals surface area contributed by atoms with Crippen LogP contribution in [0.2, 0.25) is 0 Å². The van der Waals surface area contributed by atoms with Crippen LogP contribution in [0.1, 0.15) is 54.7 Å². The lowest BCUT2D eigenvalue weighted by Gasteiger charge is -2.49.